The molecule has 0 heterocycles. The second-order valence-electron chi connectivity index (χ2n) is 4.64. The fourth-order valence-electron chi connectivity index (χ4n) is 2.17. The Balaban J connectivity index is 2.39. The molecule has 0 amide bonds. The van der Waals surface area contributed by atoms with Crippen LogP contribution >= 0.6 is 0 Å². The molecule has 0 aromatic heterocycles. The lowest BCUT2D eigenvalue weighted by molar-refractivity contribution is 0.601. The van der Waals surface area contributed by atoms with Crippen molar-refractivity contribution in [2.75, 3.05) is 16.6 Å². The van der Waals surface area contributed by atoms with Crippen LogP contribution in [0.1, 0.15) is 19.4 Å². The van der Waals surface area contributed by atoms with E-state index in [-0.39, 0.29) is 4.90 Å². The topological polar surface area (TPSA) is 58.2 Å². The van der Waals surface area contributed by atoms with Crippen molar-refractivity contribution < 1.29 is 8.42 Å². The number of para-hydroxylation sites is 2. The number of aryl methyl sites for hydroxylation is 1. The third-order valence-electron chi connectivity index (χ3n) is 3.19. The number of hydrogen-bond donors (Lipinski definition) is 2. The third-order valence-corrected chi connectivity index (χ3v) is 4.61. The molecule has 0 aliphatic rings. The molecular formula is C16H20N2O2S. The highest BCUT2D eigenvalue weighted by Crippen LogP contribution is 2.25. The molecule has 5 heteroatoms. The smallest absolute Gasteiger partial charge is 0.263 e. The van der Waals surface area contributed by atoms with Crippen molar-refractivity contribution in [1.82, 2.24) is 0 Å². The fourth-order valence-corrected chi connectivity index (χ4v) is 3.45. The summed E-state index contributed by atoms with van der Waals surface area (Å²) < 4.78 is 27.9. The highest BCUT2D eigenvalue weighted by Gasteiger charge is 2.18. The summed E-state index contributed by atoms with van der Waals surface area (Å²) in [4.78, 5) is 0.262. The lowest BCUT2D eigenvalue weighted by Crippen LogP contribution is -2.16. The van der Waals surface area contributed by atoms with Gasteiger partial charge in [-0.15, -0.1) is 0 Å². The van der Waals surface area contributed by atoms with Gasteiger partial charge in [-0.25, -0.2) is 8.42 Å². The van der Waals surface area contributed by atoms with Crippen LogP contribution in [0.4, 0.5) is 11.4 Å². The van der Waals surface area contributed by atoms with Gasteiger partial charge in [-0.2, -0.15) is 0 Å². The molecule has 4 nitrogen and oxygen atoms in total. The van der Waals surface area contributed by atoms with E-state index in [4.69, 9.17) is 0 Å². The van der Waals surface area contributed by atoms with Crippen molar-refractivity contribution in [3.63, 3.8) is 0 Å². The summed E-state index contributed by atoms with van der Waals surface area (Å²) in [7, 11) is -3.61. The maximum atomic E-state index is 12.6. The molecule has 2 aromatic rings. The van der Waals surface area contributed by atoms with E-state index in [1.165, 1.54) is 0 Å². The summed E-state index contributed by atoms with van der Waals surface area (Å²) in [5, 5.41) is 3.08. The van der Waals surface area contributed by atoms with E-state index in [1.807, 2.05) is 38.1 Å². The van der Waals surface area contributed by atoms with Crippen molar-refractivity contribution in [1.29, 1.82) is 0 Å². The first-order valence-corrected chi connectivity index (χ1v) is 8.50. The molecule has 2 N–H and O–H groups in total. The van der Waals surface area contributed by atoms with Crippen LogP contribution in [-0.4, -0.2) is 15.0 Å². The van der Waals surface area contributed by atoms with E-state index in [0.717, 1.165) is 12.0 Å². The zero-order valence-electron chi connectivity index (χ0n) is 12.3. The molecule has 0 fully saturated rings. The predicted octanol–water partition coefficient (Wildman–Crippen LogP) is 3.48. The van der Waals surface area contributed by atoms with Crippen molar-refractivity contribution in [3.8, 4) is 0 Å². The van der Waals surface area contributed by atoms with E-state index in [9.17, 15) is 8.42 Å². The van der Waals surface area contributed by atoms with E-state index in [0.29, 0.717) is 17.9 Å². The van der Waals surface area contributed by atoms with Gasteiger partial charge in [0.05, 0.1) is 11.4 Å². The lowest BCUT2D eigenvalue weighted by atomic mass is 10.1. The van der Waals surface area contributed by atoms with Crippen LogP contribution in [0.3, 0.4) is 0 Å². The van der Waals surface area contributed by atoms with Gasteiger partial charge < -0.3 is 5.32 Å². The molecule has 2 aromatic carbocycles. The lowest BCUT2D eigenvalue weighted by Gasteiger charge is -2.14. The zero-order chi connectivity index (χ0) is 15.3. The summed E-state index contributed by atoms with van der Waals surface area (Å²) in [6.45, 7) is 4.60. The van der Waals surface area contributed by atoms with Crippen molar-refractivity contribution in [2.45, 2.75) is 25.2 Å². The van der Waals surface area contributed by atoms with Crippen molar-refractivity contribution >= 4 is 21.4 Å². The van der Waals surface area contributed by atoms with Crippen LogP contribution in [0.2, 0.25) is 0 Å². The highest BCUT2D eigenvalue weighted by molar-refractivity contribution is 7.92. The van der Waals surface area contributed by atoms with E-state index >= 15 is 0 Å². The maximum Gasteiger partial charge on any atom is 0.263 e. The molecular weight excluding hydrogens is 284 g/mol. The number of anilines is 2. The van der Waals surface area contributed by atoms with E-state index < -0.39 is 10.0 Å². The molecule has 0 bridgehead atoms. The summed E-state index contributed by atoms with van der Waals surface area (Å²) in [5.41, 5.74) is 2.22. The quantitative estimate of drug-likeness (QED) is 0.859. The van der Waals surface area contributed by atoms with Crippen LogP contribution in [0.25, 0.3) is 0 Å². The molecule has 0 atom stereocenters. The molecule has 0 saturated heterocycles. The summed E-state index contributed by atoms with van der Waals surface area (Å²) in [6, 6.07) is 14.4. The van der Waals surface area contributed by atoms with E-state index in [2.05, 4.69) is 10.0 Å². The minimum atomic E-state index is -3.61. The molecule has 0 radical (unpaired) electrons. The van der Waals surface area contributed by atoms with Gasteiger partial charge in [-0.3, -0.25) is 4.72 Å². The average Bonchev–Trinajstić information content (AvgIpc) is 2.48. The Morgan fingerprint density at radius 1 is 0.905 bits per heavy atom. The van der Waals surface area contributed by atoms with Gasteiger partial charge in [0, 0.05) is 6.54 Å². The number of rotatable bonds is 6. The number of benzene rings is 2. The molecule has 21 heavy (non-hydrogen) atoms. The third kappa shape index (κ3) is 3.55. The monoisotopic (exact) mass is 304 g/mol. The molecule has 0 aliphatic carbocycles. The van der Waals surface area contributed by atoms with Gasteiger partial charge in [-0.05, 0) is 37.1 Å². The summed E-state index contributed by atoms with van der Waals surface area (Å²) in [6.07, 6.45) is 0.771. The number of nitrogens with one attached hydrogen (secondary N) is 2. The van der Waals surface area contributed by atoms with Gasteiger partial charge in [0.25, 0.3) is 10.0 Å². The first kappa shape index (κ1) is 15.4. The van der Waals surface area contributed by atoms with Crippen molar-refractivity contribution in [2.24, 2.45) is 0 Å². The Kier molecular flexibility index (Phi) is 4.85. The Bertz CT molecular complexity index is 712. The van der Waals surface area contributed by atoms with Crippen LogP contribution in [-0.2, 0) is 16.4 Å². The molecule has 0 spiro atoms. The predicted molar refractivity (Wildman–Crippen MR) is 87.2 cm³/mol. The van der Waals surface area contributed by atoms with Gasteiger partial charge in [0.1, 0.15) is 4.90 Å². The van der Waals surface area contributed by atoms with E-state index in [1.54, 1.807) is 24.3 Å². The zero-order valence-corrected chi connectivity index (χ0v) is 13.1. The van der Waals surface area contributed by atoms with Crippen LogP contribution in [0.5, 0.6) is 0 Å². The summed E-state index contributed by atoms with van der Waals surface area (Å²) >= 11 is 0. The van der Waals surface area contributed by atoms with Crippen LogP contribution in [0, 0.1) is 0 Å². The minimum Gasteiger partial charge on any atom is -0.384 e. The van der Waals surface area contributed by atoms with Gasteiger partial charge in [0.15, 0.2) is 0 Å². The average molecular weight is 304 g/mol. The van der Waals surface area contributed by atoms with Gasteiger partial charge in [-0.1, -0.05) is 37.3 Å². The SMILES string of the molecule is CCNc1ccccc1S(=O)(=O)Nc1ccccc1CC. The molecule has 0 saturated carbocycles. The maximum absolute atomic E-state index is 12.6. The summed E-state index contributed by atoms with van der Waals surface area (Å²) in [5.74, 6) is 0. The minimum absolute atomic E-state index is 0.262. The van der Waals surface area contributed by atoms with Gasteiger partial charge >= 0.3 is 0 Å². The largest absolute Gasteiger partial charge is 0.384 e. The van der Waals surface area contributed by atoms with Crippen LogP contribution < -0.4 is 10.0 Å². The Morgan fingerprint density at radius 2 is 1.52 bits per heavy atom. The Morgan fingerprint density at radius 3 is 2.19 bits per heavy atom. The molecule has 2 rings (SSSR count). The number of sulfonamides is 1. The number of hydrogen-bond acceptors (Lipinski definition) is 3. The molecule has 0 aliphatic heterocycles. The first-order valence-electron chi connectivity index (χ1n) is 7.02. The Labute approximate surface area is 126 Å². The second-order valence-corrected chi connectivity index (χ2v) is 6.29. The van der Waals surface area contributed by atoms with Crippen molar-refractivity contribution in [3.05, 3.63) is 54.1 Å². The second kappa shape index (κ2) is 6.63. The Hall–Kier alpha value is -2.01. The van der Waals surface area contributed by atoms with Gasteiger partial charge in [0.2, 0.25) is 0 Å². The normalized spacial score (nSPS) is 11.1. The standard InChI is InChI=1S/C16H20N2O2S/c1-3-13-9-5-6-10-14(13)18-21(19,20)16-12-8-7-11-15(16)17-4-2/h5-12,17-18H,3-4H2,1-2H3. The first-order chi connectivity index (χ1) is 10.1. The highest BCUT2D eigenvalue weighted by atomic mass is 32.2. The van der Waals surface area contributed by atoms with Crippen LogP contribution in [0.15, 0.2) is 53.4 Å². The fraction of sp³-hybridized carbons (Fsp3) is 0.250. The molecule has 0 unspecified atom stereocenters. The molecule has 112 valence electrons.